The van der Waals surface area contributed by atoms with E-state index in [0.717, 1.165) is 24.8 Å². The number of unbranched alkanes of at least 4 members (excludes halogenated alkanes) is 2. The maximum absolute atomic E-state index is 13.0. The maximum Gasteiger partial charge on any atom is 0.263 e. The third-order valence-electron chi connectivity index (χ3n) is 4.34. The van der Waals surface area contributed by atoms with Gasteiger partial charge in [-0.25, -0.2) is 0 Å². The molecule has 0 unspecified atom stereocenters. The average molecular weight is 369 g/mol. The lowest BCUT2D eigenvalue weighted by Gasteiger charge is -2.13. The quantitative estimate of drug-likeness (QED) is 0.474. The molecule has 0 radical (unpaired) electrons. The lowest BCUT2D eigenvalue weighted by Crippen LogP contribution is -2.24. The van der Waals surface area contributed by atoms with Gasteiger partial charge in [0.15, 0.2) is 0 Å². The van der Waals surface area contributed by atoms with E-state index in [0.29, 0.717) is 22.6 Å². The number of hydrogen-bond acceptors (Lipinski definition) is 3. The van der Waals surface area contributed by atoms with Crippen LogP contribution in [0.1, 0.15) is 31.7 Å². The van der Waals surface area contributed by atoms with Gasteiger partial charge >= 0.3 is 0 Å². The second-order valence-corrected chi connectivity index (χ2v) is 6.61. The number of rotatable bonds is 6. The molecule has 4 nitrogen and oxygen atoms in total. The molecule has 134 valence electrons. The summed E-state index contributed by atoms with van der Waals surface area (Å²) in [5, 5.41) is 11.9. The molecule has 0 spiro atoms. The van der Waals surface area contributed by atoms with Crippen LogP contribution in [0.2, 0.25) is 5.02 Å². The molecule has 0 atom stereocenters. The van der Waals surface area contributed by atoms with Crippen LogP contribution in [-0.4, -0.2) is 15.9 Å². The van der Waals surface area contributed by atoms with Gasteiger partial charge in [-0.15, -0.1) is 0 Å². The standard InChI is InChI=1S/C21H21ClN2O2/c1-2-3-6-13-24-19-8-5-4-7-17(19)20(25)18(21(24)26)14-23-16-11-9-15(22)10-12-16/h4-5,7-12,14,25H,2-3,6,13H2,1H3. The van der Waals surface area contributed by atoms with Crippen LogP contribution in [0.25, 0.3) is 10.9 Å². The predicted octanol–water partition coefficient (Wildman–Crippen LogP) is 5.30. The summed E-state index contributed by atoms with van der Waals surface area (Å²) in [6.07, 6.45) is 4.48. The summed E-state index contributed by atoms with van der Waals surface area (Å²) in [5.41, 5.74) is 1.39. The van der Waals surface area contributed by atoms with Crippen LogP contribution in [0.5, 0.6) is 5.75 Å². The number of fused-ring (bicyclic) bond motifs is 1. The Morgan fingerprint density at radius 1 is 1.12 bits per heavy atom. The van der Waals surface area contributed by atoms with E-state index in [4.69, 9.17) is 11.6 Å². The van der Waals surface area contributed by atoms with Crippen LogP contribution >= 0.6 is 11.6 Å². The zero-order valence-electron chi connectivity index (χ0n) is 14.7. The Bertz CT molecular complexity index is 991. The topological polar surface area (TPSA) is 54.6 Å². The number of aromatic hydroxyl groups is 1. The van der Waals surface area contributed by atoms with Crippen molar-refractivity contribution in [1.82, 2.24) is 4.57 Å². The third-order valence-corrected chi connectivity index (χ3v) is 4.59. The van der Waals surface area contributed by atoms with Gasteiger partial charge < -0.3 is 9.67 Å². The number of benzene rings is 2. The first-order chi connectivity index (χ1) is 12.6. The second kappa shape index (κ2) is 8.19. The van der Waals surface area contributed by atoms with Gasteiger partial charge in [0.2, 0.25) is 0 Å². The molecule has 3 aromatic rings. The zero-order chi connectivity index (χ0) is 18.5. The van der Waals surface area contributed by atoms with Crippen molar-refractivity contribution in [2.75, 3.05) is 0 Å². The number of aromatic nitrogens is 1. The average Bonchev–Trinajstić information content (AvgIpc) is 2.66. The highest BCUT2D eigenvalue weighted by molar-refractivity contribution is 6.30. The van der Waals surface area contributed by atoms with Crippen molar-refractivity contribution in [3.05, 3.63) is 69.5 Å². The SMILES string of the molecule is CCCCCn1c(=O)c(C=Nc2ccc(Cl)cc2)c(O)c2ccccc21. The fourth-order valence-electron chi connectivity index (χ4n) is 2.93. The number of halogens is 1. The van der Waals surface area contributed by atoms with Gasteiger partial charge in [-0.2, -0.15) is 0 Å². The number of hydrogen-bond donors (Lipinski definition) is 1. The van der Waals surface area contributed by atoms with Crippen molar-refractivity contribution in [3.8, 4) is 5.75 Å². The molecule has 0 saturated carbocycles. The zero-order valence-corrected chi connectivity index (χ0v) is 15.4. The van der Waals surface area contributed by atoms with E-state index in [-0.39, 0.29) is 16.9 Å². The summed E-state index contributed by atoms with van der Waals surface area (Å²) in [4.78, 5) is 17.3. The molecule has 0 saturated heterocycles. The molecule has 0 aliphatic carbocycles. The van der Waals surface area contributed by atoms with Crippen LogP contribution in [0.15, 0.2) is 58.3 Å². The van der Waals surface area contributed by atoms with Crippen molar-refractivity contribution in [1.29, 1.82) is 0 Å². The first-order valence-corrected chi connectivity index (χ1v) is 9.13. The van der Waals surface area contributed by atoms with Crippen LogP contribution in [-0.2, 0) is 6.54 Å². The van der Waals surface area contributed by atoms with Crippen molar-refractivity contribution < 1.29 is 5.11 Å². The Kier molecular flexibility index (Phi) is 5.74. The maximum atomic E-state index is 13.0. The molecule has 1 heterocycles. The monoisotopic (exact) mass is 368 g/mol. The smallest absolute Gasteiger partial charge is 0.263 e. The fraction of sp³-hybridized carbons (Fsp3) is 0.238. The highest BCUT2D eigenvalue weighted by Gasteiger charge is 2.14. The minimum Gasteiger partial charge on any atom is -0.506 e. The molecule has 5 heteroatoms. The largest absolute Gasteiger partial charge is 0.506 e. The highest BCUT2D eigenvalue weighted by Crippen LogP contribution is 2.26. The van der Waals surface area contributed by atoms with Gasteiger partial charge in [0, 0.05) is 23.2 Å². The summed E-state index contributed by atoms with van der Waals surface area (Å²) < 4.78 is 1.73. The van der Waals surface area contributed by atoms with Crippen LogP contribution in [0.4, 0.5) is 5.69 Å². The van der Waals surface area contributed by atoms with E-state index in [1.54, 1.807) is 28.8 Å². The summed E-state index contributed by atoms with van der Waals surface area (Å²) in [6.45, 7) is 2.75. The summed E-state index contributed by atoms with van der Waals surface area (Å²) in [6, 6.07) is 14.4. The van der Waals surface area contributed by atoms with Gasteiger partial charge in [-0.1, -0.05) is 43.5 Å². The Morgan fingerprint density at radius 3 is 2.58 bits per heavy atom. The van der Waals surface area contributed by atoms with Gasteiger partial charge in [-0.05, 0) is 42.8 Å². The molecular formula is C21H21ClN2O2. The molecule has 0 amide bonds. The molecule has 3 rings (SSSR count). The fourth-order valence-corrected chi connectivity index (χ4v) is 3.06. The molecule has 2 aromatic carbocycles. The molecule has 0 fully saturated rings. The number of aliphatic imine (C=N–C) groups is 1. The second-order valence-electron chi connectivity index (χ2n) is 6.18. The Morgan fingerprint density at radius 2 is 1.85 bits per heavy atom. The summed E-state index contributed by atoms with van der Waals surface area (Å²) in [5.74, 6) is -0.0324. The third kappa shape index (κ3) is 3.81. The normalized spacial score (nSPS) is 11.5. The Balaban J connectivity index is 2.09. The summed E-state index contributed by atoms with van der Waals surface area (Å²) in [7, 11) is 0. The van der Waals surface area contributed by atoms with Crippen LogP contribution in [0.3, 0.4) is 0 Å². The van der Waals surface area contributed by atoms with Crippen LogP contribution in [0, 0.1) is 0 Å². The minimum atomic E-state index is -0.227. The van der Waals surface area contributed by atoms with Crippen molar-refractivity contribution in [2.24, 2.45) is 4.99 Å². The molecule has 0 aliphatic heterocycles. The number of nitrogens with zero attached hydrogens (tertiary/aromatic N) is 2. The lowest BCUT2D eigenvalue weighted by molar-refractivity contribution is 0.477. The predicted molar refractivity (Wildman–Crippen MR) is 108 cm³/mol. The highest BCUT2D eigenvalue weighted by atomic mass is 35.5. The summed E-state index contributed by atoms with van der Waals surface area (Å²) >= 11 is 5.88. The van der Waals surface area contributed by atoms with Gasteiger partial charge in [0.05, 0.1) is 11.2 Å². The molecule has 26 heavy (non-hydrogen) atoms. The molecule has 1 N–H and O–H groups in total. The van der Waals surface area contributed by atoms with E-state index in [2.05, 4.69) is 11.9 Å². The molecule has 1 aromatic heterocycles. The first-order valence-electron chi connectivity index (χ1n) is 8.76. The molecule has 0 aliphatic rings. The van der Waals surface area contributed by atoms with Gasteiger partial charge in [-0.3, -0.25) is 9.79 Å². The Labute approximate surface area is 157 Å². The van der Waals surface area contributed by atoms with Crippen LogP contribution < -0.4 is 5.56 Å². The van der Waals surface area contributed by atoms with Crippen molar-refractivity contribution in [2.45, 2.75) is 32.7 Å². The van der Waals surface area contributed by atoms with Gasteiger partial charge in [0.1, 0.15) is 11.3 Å². The van der Waals surface area contributed by atoms with E-state index in [1.165, 1.54) is 6.21 Å². The van der Waals surface area contributed by atoms with E-state index in [1.807, 2.05) is 24.3 Å². The van der Waals surface area contributed by atoms with E-state index in [9.17, 15) is 9.90 Å². The molecular weight excluding hydrogens is 348 g/mol. The minimum absolute atomic E-state index is 0.0324. The first kappa shape index (κ1) is 18.2. The van der Waals surface area contributed by atoms with Gasteiger partial charge in [0.25, 0.3) is 5.56 Å². The number of para-hydroxylation sites is 1. The van der Waals surface area contributed by atoms with Crippen molar-refractivity contribution >= 4 is 34.4 Å². The van der Waals surface area contributed by atoms with Crippen molar-refractivity contribution in [3.63, 3.8) is 0 Å². The lowest BCUT2D eigenvalue weighted by atomic mass is 10.1. The van der Waals surface area contributed by atoms with E-state index < -0.39 is 0 Å². The van der Waals surface area contributed by atoms with E-state index >= 15 is 0 Å². The molecule has 0 bridgehead atoms. The number of aryl methyl sites for hydroxylation is 1. The Hall–Kier alpha value is -2.59. The number of pyridine rings is 1.